The standard InChI is InChI=1S/C22H15Cl2N3O2S/c23-17-10-8-14(9-11-17)21-26-27-22(30-21)25-20(28)15-5-3-6-18(12-15)29-13-16-4-1-2-7-19(16)24/h1-12H,13H2,(H,25,27,28). The van der Waals surface area contributed by atoms with Crippen LogP contribution < -0.4 is 10.1 Å². The van der Waals surface area contributed by atoms with Crippen LogP contribution in [-0.2, 0) is 6.61 Å². The van der Waals surface area contributed by atoms with Crippen LogP contribution in [0.5, 0.6) is 5.75 Å². The first-order valence-corrected chi connectivity index (χ1v) is 10.5. The molecule has 8 heteroatoms. The van der Waals surface area contributed by atoms with E-state index in [2.05, 4.69) is 15.5 Å². The fourth-order valence-corrected chi connectivity index (χ4v) is 3.72. The molecule has 0 aliphatic carbocycles. The highest BCUT2D eigenvalue weighted by molar-refractivity contribution is 7.18. The van der Waals surface area contributed by atoms with Gasteiger partial charge in [0.05, 0.1) is 0 Å². The largest absolute Gasteiger partial charge is 0.489 e. The summed E-state index contributed by atoms with van der Waals surface area (Å²) in [4.78, 5) is 12.6. The summed E-state index contributed by atoms with van der Waals surface area (Å²) in [6.07, 6.45) is 0. The molecule has 1 amide bonds. The maximum atomic E-state index is 12.6. The molecule has 0 aliphatic rings. The molecule has 150 valence electrons. The van der Waals surface area contributed by atoms with E-state index in [0.717, 1.165) is 11.1 Å². The smallest absolute Gasteiger partial charge is 0.257 e. The molecule has 0 unspecified atom stereocenters. The van der Waals surface area contributed by atoms with E-state index in [9.17, 15) is 4.79 Å². The van der Waals surface area contributed by atoms with Gasteiger partial charge in [0.2, 0.25) is 5.13 Å². The van der Waals surface area contributed by atoms with Crippen molar-refractivity contribution in [1.29, 1.82) is 0 Å². The predicted octanol–water partition coefficient (Wildman–Crippen LogP) is 6.34. The third kappa shape index (κ3) is 4.97. The number of anilines is 1. The Labute approximate surface area is 187 Å². The quantitative estimate of drug-likeness (QED) is 0.368. The molecule has 5 nitrogen and oxygen atoms in total. The molecule has 1 N–H and O–H groups in total. The van der Waals surface area contributed by atoms with E-state index >= 15 is 0 Å². The molecule has 0 bridgehead atoms. The zero-order chi connectivity index (χ0) is 20.9. The lowest BCUT2D eigenvalue weighted by atomic mass is 10.2. The van der Waals surface area contributed by atoms with Crippen molar-refractivity contribution in [3.63, 3.8) is 0 Å². The minimum Gasteiger partial charge on any atom is -0.489 e. The highest BCUT2D eigenvalue weighted by Gasteiger charge is 2.12. The van der Waals surface area contributed by atoms with Crippen molar-refractivity contribution in [2.75, 3.05) is 5.32 Å². The first-order chi connectivity index (χ1) is 14.6. The van der Waals surface area contributed by atoms with E-state index in [1.165, 1.54) is 11.3 Å². The van der Waals surface area contributed by atoms with Crippen LogP contribution in [0.1, 0.15) is 15.9 Å². The number of benzene rings is 3. The molecule has 4 rings (SSSR count). The summed E-state index contributed by atoms with van der Waals surface area (Å²) in [5, 5.41) is 13.3. The lowest BCUT2D eigenvalue weighted by Crippen LogP contribution is -2.11. The van der Waals surface area contributed by atoms with Crippen LogP contribution in [0.25, 0.3) is 10.6 Å². The van der Waals surface area contributed by atoms with Gasteiger partial charge >= 0.3 is 0 Å². The van der Waals surface area contributed by atoms with E-state index < -0.39 is 0 Å². The molecular weight excluding hydrogens is 441 g/mol. The molecule has 0 saturated heterocycles. The normalized spacial score (nSPS) is 10.6. The Hall–Kier alpha value is -2.93. The van der Waals surface area contributed by atoms with E-state index in [0.29, 0.717) is 38.1 Å². The van der Waals surface area contributed by atoms with Crippen molar-refractivity contribution >= 4 is 45.6 Å². The number of amides is 1. The van der Waals surface area contributed by atoms with Gasteiger partial charge in [-0.1, -0.05) is 70.9 Å². The maximum Gasteiger partial charge on any atom is 0.257 e. The number of aromatic nitrogens is 2. The number of ether oxygens (including phenoxy) is 1. The zero-order valence-electron chi connectivity index (χ0n) is 15.5. The lowest BCUT2D eigenvalue weighted by Gasteiger charge is -2.09. The second kappa shape index (κ2) is 9.26. The molecule has 0 radical (unpaired) electrons. The van der Waals surface area contributed by atoms with Gasteiger partial charge in [0.1, 0.15) is 17.4 Å². The molecule has 4 aromatic rings. The average molecular weight is 456 g/mol. The van der Waals surface area contributed by atoms with Crippen molar-refractivity contribution in [2.45, 2.75) is 6.61 Å². The van der Waals surface area contributed by atoms with E-state index in [1.807, 2.05) is 36.4 Å². The van der Waals surface area contributed by atoms with Crippen LogP contribution in [-0.4, -0.2) is 16.1 Å². The molecule has 0 aliphatic heterocycles. The van der Waals surface area contributed by atoms with Gasteiger partial charge in [-0.2, -0.15) is 0 Å². The Morgan fingerprint density at radius 3 is 2.57 bits per heavy atom. The summed E-state index contributed by atoms with van der Waals surface area (Å²) in [6, 6.07) is 21.7. The van der Waals surface area contributed by atoms with Crippen molar-refractivity contribution in [3.8, 4) is 16.3 Å². The summed E-state index contributed by atoms with van der Waals surface area (Å²) < 4.78 is 5.78. The zero-order valence-corrected chi connectivity index (χ0v) is 17.8. The lowest BCUT2D eigenvalue weighted by molar-refractivity contribution is 0.102. The average Bonchev–Trinajstić information content (AvgIpc) is 3.22. The summed E-state index contributed by atoms with van der Waals surface area (Å²) in [7, 11) is 0. The maximum absolute atomic E-state index is 12.6. The number of carbonyl (C=O) groups excluding carboxylic acids is 1. The SMILES string of the molecule is O=C(Nc1nnc(-c2ccc(Cl)cc2)s1)c1cccc(OCc2ccccc2Cl)c1. The van der Waals surface area contributed by atoms with Crippen LogP contribution in [0.15, 0.2) is 72.8 Å². The van der Waals surface area contributed by atoms with Crippen molar-refractivity contribution < 1.29 is 9.53 Å². The van der Waals surface area contributed by atoms with Crippen LogP contribution in [0.3, 0.4) is 0 Å². The van der Waals surface area contributed by atoms with Crippen molar-refractivity contribution in [1.82, 2.24) is 10.2 Å². The second-order valence-corrected chi connectivity index (χ2v) is 8.10. The highest BCUT2D eigenvalue weighted by Crippen LogP contribution is 2.28. The Bertz CT molecular complexity index is 1180. The fourth-order valence-electron chi connectivity index (χ4n) is 2.66. The van der Waals surface area contributed by atoms with Gasteiger partial charge in [0.25, 0.3) is 5.91 Å². The number of nitrogens with one attached hydrogen (secondary N) is 1. The first-order valence-electron chi connectivity index (χ1n) is 8.95. The fraction of sp³-hybridized carbons (Fsp3) is 0.0455. The van der Waals surface area contributed by atoms with Gasteiger partial charge < -0.3 is 4.74 Å². The number of nitrogens with zero attached hydrogens (tertiary/aromatic N) is 2. The molecule has 0 saturated carbocycles. The van der Waals surface area contributed by atoms with Crippen LogP contribution >= 0.6 is 34.5 Å². The highest BCUT2D eigenvalue weighted by atomic mass is 35.5. The predicted molar refractivity (Wildman–Crippen MR) is 121 cm³/mol. The molecule has 30 heavy (non-hydrogen) atoms. The first kappa shape index (κ1) is 20.3. The number of halogens is 2. The molecule has 0 atom stereocenters. The second-order valence-electron chi connectivity index (χ2n) is 6.28. The molecule has 0 fully saturated rings. The van der Waals surface area contributed by atoms with E-state index in [-0.39, 0.29) is 5.91 Å². The van der Waals surface area contributed by atoms with Gasteiger partial charge in [0.15, 0.2) is 0 Å². The summed E-state index contributed by atoms with van der Waals surface area (Å²) in [5.41, 5.74) is 2.21. The Kier molecular flexibility index (Phi) is 6.28. The van der Waals surface area contributed by atoms with Gasteiger partial charge in [-0.25, -0.2) is 0 Å². The topological polar surface area (TPSA) is 64.1 Å². The minimum atomic E-state index is -0.294. The van der Waals surface area contributed by atoms with Crippen LogP contribution in [0.4, 0.5) is 5.13 Å². The van der Waals surface area contributed by atoms with Gasteiger partial charge in [-0.05, 0) is 36.4 Å². The van der Waals surface area contributed by atoms with Gasteiger partial charge in [-0.15, -0.1) is 10.2 Å². The summed E-state index contributed by atoms with van der Waals surface area (Å²) in [6.45, 7) is 0.311. The monoisotopic (exact) mass is 455 g/mol. The van der Waals surface area contributed by atoms with E-state index in [1.54, 1.807) is 36.4 Å². The van der Waals surface area contributed by atoms with Crippen LogP contribution in [0, 0.1) is 0 Å². The van der Waals surface area contributed by atoms with Gasteiger partial charge in [-0.3, -0.25) is 10.1 Å². The number of hydrogen-bond acceptors (Lipinski definition) is 5. The summed E-state index contributed by atoms with van der Waals surface area (Å²) in [5.74, 6) is 0.277. The van der Waals surface area contributed by atoms with Crippen molar-refractivity contribution in [3.05, 3.63) is 94.0 Å². The third-order valence-electron chi connectivity index (χ3n) is 4.19. The Balaban J connectivity index is 1.42. The minimum absolute atomic E-state index is 0.294. The van der Waals surface area contributed by atoms with Crippen LogP contribution in [0.2, 0.25) is 10.0 Å². The molecule has 3 aromatic carbocycles. The Morgan fingerprint density at radius 2 is 1.77 bits per heavy atom. The Morgan fingerprint density at radius 1 is 0.967 bits per heavy atom. The molecular formula is C22H15Cl2N3O2S. The molecule has 0 spiro atoms. The van der Waals surface area contributed by atoms with Crippen molar-refractivity contribution in [2.24, 2.45) is 0 Å². The number of rotatable bonds is 6. The number of carbonyl (C=O) groups is 1. The molecule has 1 heterocycles. The molecule has 1 aromatic heterocycles. The van der Waals surface area contributed by atoms with Gasteiger partial charge in [0, 0.05) is 26.7 Å². The number of hydrogen-bond donors (Lipinski definition) is 1. The van der Waals surface area contributed by atoms with E-state index in [4.69, 9.17) is 27.9 Å². The summed E-state index contributed by atoms with van der Waals surface area (Å²) >= 11 is 13.4. The third-order valence-corrected chi connectivity index (χ3v) is 5.69.